The zero-order chi connectivity index (χ0) is 12.3. The standard InChI is InChI=1S/C13H16N2O2/c1-10(16)12-3-2-11(9-14)8-13(12)15-4-6-17-7-5-15/h2-3,8,10,16H,4-7H2,1H3. The number of rotatable bonds is 2. The fourth-order valence-corrected chi connectivity index (χ4v) is 2.04. The Balaban J connectivity index is 2.37. The van der Waals surface area contributed by atoms with Crippen LogP contribution in [0, 0.1) is 11.3 Å². The van der Waals surface area contributed by atoms with Crippen molar-refractivity contribution in [2.75, 3.05) is 31.2 Å². The van der Waals surface area contributed by atoms with Crippen LogP contribution in [0.1, 0.15) is 24.2 Å². The summed E-state index contributed by atoms with van der Waals surface area (Å²) in [6.45, 7) is 4.72. The number of benzene rings is 1. The molecule has 0 radical (unpaired) electrons. The van der Waals surface area contributed by atoms with Crippen LogP contribution < -0.4 is 4.90 Å². The minimum atomic E-state index is -0.527. The second-order valence-corrected chi connectivity index (χ2v) is 4.16. The summed E-state index contributed by atoms with van der Waals surface area (Å²) < 4.78 is 5.31. The van der Waals surface area contributed by atoms with E-state index in [0.29, 0.717) is 18.8 Å². The first-order valence-electron chi connectivity index (χ1n) is 5.77. The Kier molecular flexibility index (Phi) is 3.62. The lowest BCUT2D eigenvalue weighted by atomic mass is 10.0. The van der Waals surface area contributed by atoms with E-state index in [0.717, 1.165) is 24.3 Å². The highest BCUT2D eigenvalue weighted by atomic mass is 16.5. The zero-order valence-corrected chi connectivity index (χ0v) is 9.89. The third-order valence-electron chi connectivity index (χ3n) is 2.96. The van der Waals surface area contributed by atoms with Crippen molar-refractivity contribution in [1.29, 1.82) is 5.26 Å². The molecule has 2 rings (SSSR count). The Morgan fingerprint density at radius 3 is 2.71 bits per heavy atom. The highest BCUT2D eigenvalue weighted by molar-refractivity contribution is 5.58. The van der Waals surface area contributed by atoms with Gasteiger partial charge in [-0.05, 0) is 19.1 Å². The molecule has 1 aliphatic heterocycles. The maximum absolute atomic E-state index is 9.76. The fraction of sp³-hybridized carbons (Fsp3) is 0.462. The Morgan fingerprint density at radius 1 is 1.41 bits per heavy atom. The van der Waals surface area contributed by atoms with Crippen molar-refractivity contribution in [3.8, 4) is 6.07 Å². The van der Waals surface area contributed by atoms with Gasteiger partial charge in [-0.15, -0.1) is 0 Å². The highest BCUT2D eigenvalue weighted by Gasteiger charge is 2.17. The van der Waals surface area contributed by atoms with Gasteiger partial charge in [-0.3, -0.25) is 0 Å². The van der Waals surface area contributed by atoms with Crippen LogP contribution in [0.5, 0.6) is 0 Å². The average Bonchev–Trinajstić information content (AvgIpc) is 2.39. The number of hydrogen-bond acceptors (Lipinski definition) is 4. The van der Waals surface area contributed by atoms with Gasteiger partial charge in [-0.1, -0.05) is 6.07 Å². The third-order valence-corrected chi connectivity index (χ3v) is 2.96. The molecule has 1 heterocycles. The van der Waals surface area contributed by atoms with Crippen LogP contribution in [-0.4, -0.2) is 31.4 Å². The third kappa shape index (κ3) is 2.57. The first-order chi connectivity index (χ1) is 8.22. The van der Waals surface area contributed by atoms with Crippen LogP contribution in [0.15, 0.2) is 18.2 Å². The highest BCUT2D eigenvalue weighted by Crippen LogP contribution is 2.28. The molecule has 1 aromatic rings. The van der Waals surface area contributed by atoms with Crippen LogP contribution in [0.2, 0.25) is 0 Å². The first kappa shape index (κ1) is 11.9. The number of aliphatic hydroxyl groups is 1. The number of aliphatic hydroxyl groups excluding tert-OH is 1. The molecule has 1 aliphatic rings. The van der Waals surface area contributed by atoms with Crippen LogP contribution in [0.4, 0.5) is 5.69 Å². The normalized spacial score (nSPS) is 17.6. The minimum absolute atomic E-state index is 0.527. The summed E-state index contributed by atoms with van der Waals surface area (Å²) in [6.07, 6.45) is -0.527. The molecule has 1 aromatic carbocycles. The number of nitriles is 1. The van der Waals surface area contributed by atoms with Gasteiger partial charge >= 0.3 is 0 Å². The Bertz CT molecular complexity index is 432. The molecular formula is C13H16N2O2. The molecule has 0 amide bonds. The lowest BCUT2D eigenvalue weighted by molar-refractivity contribution is 0.122. The molecule has 0 aromatic heterocycles. The van der Waals surface area contributed by atoms with Crippen LogP contribution in [-0.2, 0) is 4.74 Å². The summed E-state index contributed by atoms with van der Waals surface area (Å²) in [5, 5.41) is 18.7. The van der Waals surface area contributed by atoms with E-state index in [1.807, 2.05) is 12.1 Å². The second-order valence-electron chi connectivity index (χ2n) is 4.16. The van der Waals surface area contributed by atoms with Crippen molar-refractivity contribution in [3.05, 3.63) is 29.3 Å². The quantitative estimate of drug-likeness (QED) is 0.838. The molecule has 1 unspecified atom stereocenters. The maximum Gasteiger partial charge on any atom is 0.0992 e. The first-order valence-corrected chi connectivity index (χ1v) is 5.77. The number of ether oxygens (including phenoxy) is 1. The van der Waals surface area contributed by atoms with E-state index in [9.17, 15) is 5.11 Å². The minimum Gasteiger partial charge on any atom is -0.389 e. The van der Waals surface area contributed by atoms with E-state index in [1.54, 1.807) is 13.0 Å². The molecule has 0 spiro atoms. The predicted octanol–water partition coefficient (Wildman–Crippen LogP) is 1.45. The summed E-state index contributed by atoms with van der Waals surface area (Å²) in [7, 11) is 0. The molecule has 0 bridgehead atoms. The summed E-state index contributed by atoms with van der Waals surface area (Å²) in [5.74, 6) is 0. The Morgan fingerprint density at radius 2 is 2.12 bits per heavy atom. The zero-order valence-electron chi connectivity index (χ0n) is 9.89. The van der Waals surface area contributed by atoms with Gasteiger partial charge in [0.05, 0.1) is 31.0 Å². The largest absolute Gasteiger partial charge is 0.389 e. The van der Waals surface area contributed by atoms with Gasteiger partial charge in [0.15, 0.2) is 0 Å². The number of nitrogens with zero attached hydrogens (tertiary/aromatic N) is 2. The molecule has 1 atom stereocenters. The average molecular weight is 232 g/mol. The fourth-order valence-electron chi connectivity index (χ4n) is 2.04. The van der Waals surface area contributed by atoms with E-state index in [1.165, 1.54) is 0 Å². The smallest absolute Gasteiger partial charge is 0.0992 e. The predicted molar refractivity (Wildman–Crippen MR) is 64.8 cm³/mol. The molecule has 4 heteroatoms. The lowest BCUT2D eigenvalue weighted by Gasteiger charge is -2.31. The van der Waals surface area contributed by atoms with Crippen molar-refractivity contribution >= 4 is 5.69 Å². The molecule has 1 saturated heterocycles. The van der Waals surface area contributed by atoms with Gasteiger partial charge in [-0.25, -0.2) is 0 Å². The topological polar surface area (TPSA) is 56.5 Å². The Labute approximate surface area is 101 Å². The van der Waals surface area contributed by atoms with E-state index in [2.05, 4.69) is 11.0 Å². The number of morpholine rings is 1. The second kappa shape index (κ2) is 5.17. The maximum atomic E-state index is 9.76. The summed E-state index contributed by atoms with van der Waals surface area (Å²) in [5.41, 5.74) is 2.43. The van der Waals surface area contributed by atoms with Gasteiger partial charge in [0, 0.05) is 24.3 Å². The van der Waals surface area contributed by atoms with Gasteiger partial charge in [0.1, 0.15) is 0 Å². The van der Waals surface area contributed by atoms with Crippen molar-refractivity contribution in [2.45, 2.75) is 13.0 Å². The van der Waals surface area contributed by atoms with Crippen LogP contribution >= 0.6 is 0 Å². The van der Waals surface area contributed by atoms with E-state index in [4.69, 9.17) is 10.00 Å². The van der Waals surface area contributed by atoms with Gasteiger partial charge in [-0.2, -0.15) is 5.26 Å². The monoisotopic (exact) mass is 232 g/mol. The molecule has 4 nitrogen and oxygen atoms in total. The van der Waals surface area contributed by atoms with Crippen LogP contribution in [0.3, 0.4) is 0 Å². The summed E-state index contributed by atoms with van der Waals surface area (Å²) in [4.78, 5) is 2.16. The molecule has 1 fully saturated rings. The lowest BCUT2D eigenvalue weighted by Crippen LogP contribution is -2.37. The summed E-state index contributed by atoms with van der Waals surface area (Å²) >= 11 is 0. The molecular weight excluding hydrogens is 216 g/mol. The van der Waals surface area contributed by atoms with Crippen molar-refractivity contribution in [3.63, 3.8) is 0 Å². The van der Waals surface area contributed by atoms with Crippen LogP contribution in [0.25, 0.3) is 0 Å². The molecule has 1 N–H and O–H groups in total. The van der Waals surface area contributed by atoms with Gasteiger partial charge in [0.25, 0.3) is 0 Å². The van der Waals surface area contributed by atoms with E-state index < -0.39 is 6.10 Å². The Hall–Kier alpha value is -1.57. The number of anilines is 1. The van der Waals surface area contributed by atoms with Gasteiger partial charge in [0.2, 0.25) is 0 Å². The van der Waals surface area contributed by atoms with Gasteiger partial charge < -0.3 is 14.7 Å². The van der Waals surface area contributed by atoms with Crippen molar-refractivity contribution < 1.29 is 9.84 Å². The molecule has 90 valence electrons. The van der Waals surface area contributed by atoms with E-state index >= 15 is 0 Å². The molecule has 0 saturated carbocycles. The van der Waals surface area contributed by atoms with E-state index in [-0.39, 0.29) is 0 Å². The molecule has 17 heavy (non-hydrogen) atoms. The number of hydrogen-bond donors (Lipinski definition) is 1. The SMILES string of the molecule is CC(O)c1ccc(C#N)cc1N1CCOCC1. The molecule has 0 aliphatic carbocycles. The van der Waals surface area contributed by atoms with Crippen molar-refractivity contribution in [1.82, 2.24) is 0 Å². The summed E-state index contributed by atoms with van der Waals surface area (Å²) in [6, 6.07) is 7.54. The van der Waals surface area contributed by atoms with Crippen molar-refractivity contribution in [2.24, 2.45) is 0 Å².